The molecule has 2 aliphatic rings. The van der Waals surface area contributed by atoms with Gasteiger partial charge in [-0.1, -0.05) is 32.4 Å². The molecule has 0 bridgehead atoms. The SMILES string of the molecule is CC1=CCCC2(C)CC(C)CCC12C. The van der Waals surface area contributed by atoms with E-state index in [9.17, 15) is 0 Å². The highest BCUT2D eigenvalue weighted by Gasteiger charge is 2.49. The smallest absolute Gasteiger partial charge is 0.00651 e. The molecule has 0 aliphatic heterocycles. The van der Waals surface area contributed by atoms with Crippen molar-refractivity contribution in [2.45, 2.75) is 59.8 Å². The van der Waals surface area contributed by atoms with E-state index in [0.717, 1.165) is 5.92 Å². The van der Waals surface area contributed by atoms with Gasteiger partial charge in [0, 0.05) is 0 Å². The molecule has 0 aromatic rings. The van der Waals surface area contributed by atoms with E-state index in [-0.39, 0.29) is 0 Å². The lowest BCUT2D eigenvalue weighted by Gasteiger charge is -2.55. The number of hydrogen-bond acceptors (Lipinski definition) is 0. The fourth-order valence-corrected chi connectivity index (χ4v) is 3.82. The Labute approximate surface area is 88.8 Å². The van der Waals surface area contributed by atoms with Gasteiger partial charge in [0.15, 0.2) is 0 Å². The predicted molar refractivity (Wildman–Crippen MR) is 62.2 cm³/mol. The van der Waals surface area contributed by atoms with Crippen LogP contribution >= 0.6 is 0 Å². The molecule has 2 rings (SSSR count). The molecule has 0 heterocycles. The lowest BCUT2D eigenvalue weighted by molar-refractivity contribution is 0.00841. The van der Waals surface area contributed by atoms with Crippen molar-refractivity contribution >= 4 is 0 Å². The summed E-state index contributed by atoms with van der Waals surface area (Å²) in [5.41, 5.74) is 2.76. The zero-order chi connectivity index (χ0) is 10.4. The molecule has 0 aromatic heterocycles. The predicted octanol–water partition coefficient (Wildman–Crippen LogP) is 4.56. The second kappa shape index (κ2) is 3.12. The van der Waals surface area contributed by atoms with Crippen LogP contribution in [0.2, 0.25) is 0 Å². The third-order valence-electron chi connectivity index (χ3n) is 5.29. The van der Waals surface area contributed by atoms with Crippen molar-refractivity contribution in [3.05, 3.63) is 11.6 Å². The van der Waals surface area contributed by atoms with Crippen molar-refractivity contribution in [3.8, 4) is 0 Å². The normalized spacial score (nSPS) is 48.3. The van der Waals surface area contributed by atoms with E-state index in [2.05, 4.69) is 33.8 Å². The van der Waals surface area contributed by atoms with Crippen LogP contribution in [0, 0.1) is 16.7 Å². The van der Waals surface area contributed by atoms with Crippen LogP contribution in [-0.2, 0) is 0 Å². The van der Waals surface area contributed by atoms with Gasteiger partial charge in [-0.05, 0) is 55.8 Å². The molecule has 0 heteroatoms. The van der Waals surface area contributed by atoms with Crippen LogP contribution in [0.25, 0.3) is 0 Å². The number of fused-ring (bicyclic) bond motifs is 1. The van der Waals surface area contributed by atoms with Gasteiger partial charge in [-0.25, -0.2) is 0 Å². The van der Waals surface area contributed by atoms with Crippen LogP contribution < -0.4 is 0 Å². The summed E-state index contributed by atoms with van der Waals surface area (Å²) in [6.45, 7) is 9.81. The van der Waals surface area contributed by atoms with E-state index in [1.807, 2.05) is 0 Å². The summed E-state index contributed by atoms with van der Waals surface area (Å²) in [6.07, 6.45) is 9.48. The fraction of sp³-hybridized carbons (Fsp3) is 0.857. The molecule has 14 heavy (non-hydrogen) atoms. The Morgan fingerprint density at radius 2 is 2.00 bits per heavy atom. The number of rotatable bonds is 0. The molecule has 3 unspecified atom stereocenters. The molecular formula is C14H24. The van der Waals surface area contributed by atoms with Crippen LogP contribution in [0.4, 0.5) is 0 Å². The molecule has 0 N–H and O–H groups in total. The van der Waals surface area contributed by atoms with Gasteiger partial charge < -0.3 is 0 Å². The Bertz CT molecular complexity index is 263. The van der Waals surface area contributed by atoms with Crippen molar-refractivity contribution in [1.82, 2.24) is 0 Å². The molecule has 0 spiro atoms. The Hall–Kier alpha value is -0.260. The lowest BCUT2D eigenvalue weighted by Crippen LogP contribution is -2.45. The maximum Gasteiger partial charge on any atom is -0.00651 e. The molecule has 0 aromatic carbocycles. The summed E-state index contributed by atoms with van der Waals surface area (Å²) in [4.78, 5) is 0. The van der Waals surface area contributed by atoms with Crippen LogP contribution in [0.5, 0.6) is 0 Å². The molecule has 2 aliphatic carbocycles. The van der Waals surface area contributed by atoms with Gasteiger partial charge in [-0.2, -0.15) is 0 Å². The lowest BCUT2D eigenvalue weighted by atomic mass is 9.50. The highest BCUT2D eigenvalue weighted by atomic mass is 14.5. The fourth-order valence-electron chi connectivity index (χ4n) is 3.82. The Morgan fingerprint density at radius 3 is 2.71 bits per heavy atom. The van der Waals surface area contributed by atoms with E-state index >= 15 is 0 Å². The molecule has 0 nitrogen and oxygen atoms in total. The zero-order valence-corrected chi connectivity index (χ0v) is 10.2. The third kappa shape index (κ3) is 1.26. The Morgan fingerprint density at radius 1 is 1.29 bits per heavy atom. The maximum absolute atomic E-state index is 2.53. The Kier molecular flexibility index (Phi) is 2.28. The molecule has 0 amide bonds. The summed E-state index contributed by atoms with van der Waals surface area (Å²) in [6, 6.07) is 0. The van der Waals surface area contributed by atoms with Gasteiger partial charge in [0.1, 0.15) is 0 Å². The third-order valence-corrected chi connectivity index (χ3v) is 5.29. The monoisotopic (exact) mass is 192 g/mol. The number of hydrogen-bond donors (Lipinski definition) is 0. The van der Waals surface area contributed by atoms with Crippen molar-refractivity contribution < 1.29 is 0 Å². The van der Waals surface area contributed by atoms with Crippen LogP contribution in [-0.4, -0.2) is 0 Å². The van der Waals surface area contributed by atoms with E-state index in [4.69, 9.17) is 0 Å². The van der Waals surface area contributed by atoms with Crippen molar-refractivity contribution in [3.63, 3.8) is 0 Å². The summed E-state index contributed by atoms with van der Waals surface area (Å²) in [5, 5.41) is 0. The minimum atomic E-state index is 0.512. The highest BCUT2D eigenvalue weighted by molar-refractivity contribution is 5.21. The summed E-state index contributed by atoms with van der Waals surface area (Å²) in [7, 11) is 0. The first-order chi connectivity index (χ1) is 6.48. The topological polar surface area (TPSA) is 0 Å². The Balaban J connectivity index is 2.35. The van der Waals surface area contributed by atoms with Crippen molar-refractivity contribution in [2.24, 2.45) is 16.7 Å². The van der Waals surface area contributed by atoms with E-state index in [1.54, 1.807) is 5.57 Å². The molecule has 80 valence electrons. The van der Waals surface area contributed by atoms with E-state index in [1.165, 1.54) is 32.1 Å². The van der Waals surface area contributed by atoms with E-state index < -0.39 is 0 Å². The zero-order valence-electron chi connectivity index (χ0n) is 10.2. The van der Waals surface area contributed by atoms with Gasteiger partial charge >= 0.3 is 0 Å². The first-order valence-corrected chi connectivity index (χ1v) is 6.15. The van der Waals surface area contributed by atoms with Gasteiger partial charge in [0.25, 0.3) is 0 Å². The largest absolute Gasteiger partial charge is 0.0850 e. The average molecular weight is 192 g/mol. The summed E-state index contributed by atoms with van der Waals surface area (Å²) in [5.74, 6) is 0.943. The van der Waals surface area contributed by atoms with Gasteiger partial charge in [0.05, 0.1) is 0 Å². The van der Waals surface area contributed by atoms with Gasteiger partial charge in [-0.15, -0.1) is 0 Å². The first-order valence-electron chi connectivity index (χ1n) is 6.15. The molecule has 3 atom stereocenters. The quantitative estimate of drug-likeness (QED) is 0.494. The molecule has 1 saturated carbocycles. The van der Waals surface area contributed by atoms with Crippen molar-refractivity contribution in [2.75, 3.05) is 0 Å². The average Bonchev–Trinajstić information content (AvgIpc) is 2.10. The molecular weight excluding hydrogens is 168 g/mol. The van der Waals surface area contributed by atoms with Crippen LogP contribution in [0.3, 0.4) is 0 Å². The molecule has 0 saturated heterocycles. The number of allylic oxidation sites excluding steroid dienone is 2. The minimum absolute atomic E-state index is 0.512. The van der Waals surface area contributed by atoms with Crippen molar-refractivity contribution in [1.29, 1.82) is 0 Å². The minimum Gasteiger partial charge on any atom is -0.0850 e. The van der Waals surface area contributed by atoms with Gasteiger partial charge in [-0.3, -0.25) is 0 Å². The van der Waals surface area contributed by atoms with Crippen LogP contribution in [0.1, 0.15) is 59.8 Å². The standard InChI is InChI=1S/C14H24/c1-11-7-9-14(4)12(2)6-5-8-13(14,3)10-11/h6,11H,5,7-10H2,1-4H3. The van der Waals surface area contributed by atoms with E-state index in [0.29, 0.717) is 10.8 Å². The second-order valence-corrected chi connectivity index (χ2v) is 6.17. The second-order valence-electron chi connectivity index (χ2n) is 6.17. The highest BCUT2D eigenvalue weighted by Crippen LogP contribution is 2.60. The van der Waals surface area contributed by atoms with Gasteiger partial charge in [0.2, 0.25) is 0 Å². The molecule has 0 radical (unpaired) electrons. The molecule has 1 fully saturated rings. The van der Waals surface area contributed by atoms with Crippen LogP contribution in [0.15, 0.2) is 11.6 Å². The summed E-state index contributed by atoms with van der Waals surface area (Å²) >= 11 is 0. The summed E-state index contributed by atoms with van der Waals surface area (Å²) < 4.78 is 0. The first kappa shape index (κ1) is 10.3. The maximum atomic E-state index is 2.53.